The zero-order valence-corrected chi connectivity index (χ0v) is 16.5. The van der Waals surface area contributed by atoms with Gasteiger partial charge in [-0.3, -0.25) is 20.4 Å². The van der Waals surface area contributed by atoms with Gasteiger partial charge in [-0.25, -0.2) is 26.3 Å². The zero-order valence-electron chi connectivity index (χ0n) is 16.5. The van der Waals surface area contributed by atoms with Crippen LogP contribution in [0, 0.1) is 34.9 Å². The van der Waals surface area contributed by atoms with E-state index in [1.165, 1.54) is 0 Å². The molecule has 0 heterocycles. The van der Waals surface area contributed by atoms with E-state index in [1.807, 2.05) is 10.9 Å². The predicted octanol–water partition coefficient (Wildman–Crippen LogP) is 1.89. The van der Waals surface area contributed by atoms with Crippen molar-refractivity contribution >= 4 is 11.8 Å². The van der Waals surface area contributed by atoms with E-state index in [1.54, 1.807) is 0 Å². The van der Waals surface area contributed by atoms with Crippen molar-refractivity contribution in [2.75, 3.05) is 0 Å². The molecule has 0 aliphatic rings. The Morgan fingerprint density at radius 1 is 0.625 bits per heavy atom. The maximum atomic E-state index is 13.6. The molecule has 0 aromatic heterocycles. The number of hydrogen-bond donors (Lipinski definition) is 4. The van der Waals surface area contributed by atoms with Gasteiger partial charge in [-0.2, -0.15) is 0 Å². The lowest BCUT2D eigenvalue weighted by molar-refractivity contribution is -0.129. The second-order valence-electron chi connectivity index (χ2n) is 7.15. The summed E-state index contributed by atoms with van der Waals surface area (Å²) in [7, 11) is 0. The second-order valence-corrected chi connectivity index (χ2v) is 7.15. The Labute approximate surface area is 178 Å². The molecule has 0 radical (unpaired) electrons. The first-order valence-corrected chi connectivity index (χ1v) is 9.32. The molecule has 0 saturated heterocycles. The molecule has 6 nitrogen and oxygen atoms in total. The average Bonchev–Trinajstić information content (AvgIpc) is 2.68. The number of halogens is 6. The second kappa shape index (κ2) is 11.0. The van der Waals surface area contributed by atoms with Gasteiger partial charge in [0.1, 0.15) is 11.6 Å². The lowest BCUT2D eigenvalue weighted by Gasteiger charge is -2.15. The lowest BCUT2D eigenvalue weighted by atomic mass is 10.0. The fourth-order valence-electron chi connectivity index (χ4n) is 2.87. The SMILES string of the molecule is N[C@H](CC(=O)NNC(=O)C[C@H](N)Cc1cc(F)c(F)cc1F)Cc1cc(F)c(F)cc1F. The van der Waals surface area contributed by atoms with E-state index in [-0.39, 0.29) is 36.8 Å². The minimum absolute atomic E-state index is 0.219. The third-order valence-corrected chi connectivity index (χ3v) is 4.38. The highest BCUT2D eigenvalue weighted by Gasteiger charge is 2.18. The van der Waals surface area contributed by atoms with Crippen LogP contribution in [-0.4, -0.2) is 23.9 Å². The Hall–Kier alpha value is -3.12. The summed E-state index contributed by atoms with van der Waals surface area (Å²) >= 11 is 0. The maximum absolute atomic E-state index is 13.6. The Kier molecular flexibility index (Phi) is 8.61. The Bertz CT molecular complexity index is 925. The number of hydrazine groups is 1. The first kappa shape index (κ1) is 25.1. The largest absolute Gasteiger partial charge is 0.327 e. The number of nitrogens with one attached hydrogen (secondary N) is 2. The fourth-order valence-corrected chi connectivity index (χ4v) is 2.87. The predicted molar refractivity (Wildman–Crippen MR) is 102 cm³/mol. The van der Waals surface area contributed by atoms with Crippen LogP contribution in [0.15, 0.2) is 24.3 Å². The van der Waals surface area contributed by atoms with E-state index in [2.05, 4.69) is 0 Å². The number of carbonyl (C=O) groups is 2. The minimum Gasteiger partial charge on any atom is -0.327 e. The van der Waals surface area contributed by atoms with Crippen LogP contribution in [0.25, 0.3) is 0 Å². The van der Waals surface area contributed by atoms with Crippen molar-refractivity contribution in [3.63, 3.8) is 0 Å². The molecule has 6 N–H and O–H groups in total. The molecule has 32 heavy (non-hydrogen) atoms. The molecule has 174 valence electrons. The number of nitrogens with two attached hydrogens (primary N) is 2. The molecule has 0 spiro atoms. The molecule has 2 atom stereocenters. The standard InChI is InChI=1S/C20H20F6N4O2/c21-13-7-17(25)15(23)3-9(13)1-11(27)5-19(31)29-30-20(32)6-12(28)2-10-4-16(24)18(26)8-14(10)22/h3-4,7-8,11-12H,1-2,5-6,27-28H2,(H,29,31)(H,30,32)/t11-,12+. The highest BCUT2D eigenvalue weighted by molar-refractivity contribution is 5.82. The van der Waals surface area contributed by atoms with Crippen LogP contribution in [0.1, 0.15) is 24.0 Å². The van der Waals surface area contributed by atoms with E-state index in [0.29, 0.717) is 24.3 Å². The number of benzene rings is 2. The Morgan fingerprint density at radius 2 is 0.938 bits per heavy atom. The van der Waals surface area contributed by atoms with Crippen molar-refractivity contribution in [1.82, 2.24) is 10.9 Å². The molecule has 2 amide bonds. The van der Waals surface area contributed by atoms with E-state index in [9.17, 15) is 35.9 Å². The number of carbonyl (C=O) groups excluding carboxylic acids is 2. The van der Waals surface area contributed by atoms with E-state index in [4.69, 9.17) is 11.5 Å². The summed E-state index contributed by atoms with van der Waals surface area (Å²) < 4.78 is 79.6. The van der Waals surface area contributed by atoms with Gasteiger partial charge in [-0.15, -0.1) is 0 Å². The van der Waals surface area contributed by atoms with Crippen molar-refractivity contribution in [3.05, 3.63) is 70.3 Å². The third-order valence-electron chi connectivity index (χ3n) is 4.38. The number of amides is 2. The van der Waals surface area contributed by atoms with Crippen LogP contribution in [0.2, 0.25) is 0 Å². The Morgan fingerprint density at radius 3 is 1.28 bits per heavy atom. The Balaban J connectivity index is 1.78. The molecular weight excluding hydrogens is 442 g/mol. The summed E-state index contributed by atoms with van der Waals surface area (Å²) in [6.07, 6.45) is -1.31. The van der Waals surface area contributed by atoms with Gasteiger partial charge >= 0.3 is 0 Å². The van der Waals surface area contributed by atoms with Gasteiger partial charge in [0.2, 0.25) is 11.8 Å². The van der Waals surface area contributed by atoms with Crippen LogP contribution in [0.5, 0.6) is 0 Å². The van der Waals surface area contributed by atoms with Gasteiger partial charge in [0.25, 0.3) is 0 Å². The molecule has 0 unspecified atom stereocenters. The molecule has 2 rings (SSSR count). The van der Waals surface area contributed by atoms with Crippen LogP contribution in [-0.2, 0) is 22.4 Å². The van der Waals surface area contributed by atoms with Crippen molar-refractivity contribution in [2.45, 2.75) is 37.8 Å². The molecular formula is C20H20F6N4O2. The average molecular weight is 462 g/mol. The third kappa shape index (κ3) is 7.24. The minimum atomic E-state index is -1.36. The van der Waals surface area contributed by atoms with Crippen molar-refractivity contribution in [3.8, 4) is 0 Å². The van der Waals surface area contributed by atoms with Gasteiger partial charge in [0.05, 0.1) is 0 Å². The summed E-state index contributed by atoms with van der Waals surface area (Å²) in [5.74, 6) is -8.77. The summed E-state index contributed by atoms with van der Waals surface area (Å²) in [4.78, 5) is 23.7. The molecule has 0 saturated carbocycles. The van der Waals surface area contributed by atoms with E-state index < -0.39 is 58.8 Å². The molecule has 0 fully saturated rings. The molecule has 0 aliphatic carbocycles. The summed E-state index contributed by atoms with van der Waals surface area (Å²) in [6, 6.07) is 0.0815. The summed E-state index contributed by atoms with van der Waals surface area (Å²) in [6.45, 7) is 0. The van der Waals surface area contributed by atoms with Gasteiger partial charge in [-0.1, -0.05) is 0 Å². The van der Waals surface area contributed by atoms with Crippen molar-refractivity contribution < 1.29 is 35.9 Å². The fraction of sp³-hybridized carbons (Fsp3) is 0.300. The van der Waals surface area contributed by atoms with Crippen LogP contribution >= 0.6 is 0 Å². The van der Waals surface area contributed by atoms with Crippen LogP contribution in [0.4, 0.5) is 26.3 Å². The van der Waals surface area contributed by atoms with Crippen LogP contribution < -0.4 is 22.3 Å². The van der Waals surface area contributed by atoms with E-state index in [0.717, 1.165) is 0 Å². The summed E-state index contributed by atoms with van der Waals surface area (Å²) in [5.41, 5.74) is 15.1. The van der Waals surface area contributed by atoms with Gasteiger partial charge < -0.3 is 11.5 Å². The number of hydrogen-bond acceptors (Lipinski definition) is 4. The van der Waals surface area contributed by atoms with Gasteiger partial charge in [-0.05, 0) is 36.1 Å². The monoisotopic (exact) mass is 462 g/mol. The molecule has 0 bridgehead atoms. The summed E-state index contributed by atoms with van der Waals surface area (Å²) in [5, 5.41) is 0. The van der Waals surface area contributed by atoms with Crippen molar-refractivity contribution in [2.24, 2.45) is 11.5 Å². The normalized spacial score (nSPS) is 12.9. The molecule has 2 aromatic rings. The van der Waals surface area contributed by atoms with Crippen LogP contribution in [0.3, 0.4) is 0 Å². The first-order valence-electron chi connectivity index (χ1n) is 9.32. The van der Waals surface area contributed by atoms with E-state index >= 15 is 0 Å². The molecule has 12 heteroatoms. The highest BCUT2D eigenvalue weighted by Crippen LogP contribution is 2.17. The first-order chi connectivity index (χ1) is 15.0. The number of rotatable bonds is 8. The smallest absolute Gasteiger partial charge is 0.239 e. The van der Waals surface area contributed by atoms with Gasteiger partial charge in [0.15, 0.2) is 23.3 Å². The topological polar surface area (TPSA) is 110 Å². The van der Waals surface area contributed by atoms with Gasteiger partial charge in [0, 0.05) is 37.1 Å². The van der Waals surface area contributed by atoms with Crippen molar-refractivity contribution in [1.29, 1.82) is 0 Å². The molecule has 0 aliphatic heterocycles. The quantitative estimate of drug-likeness (QED) is 0.273. The highest BCUT2D eigenvalue weighted by atomic mass is 19.2. The zero-order chi connectivity index (χ0) is 24.0. The maximum Gasteiger partial charge on any atom is 0.239 e. The lowest BCUT2D eigenvalue weighted by Crippen LogP contribution is -2.45. The molecule has 2 aromatic carbocycles.